The second-order valence-electron chi connectivity index (χ2n) is 8.05. The first kappa shape index (κ1) is 21.8. The van der Waals surface area contributed by atoms with Crippen LogP contribution in [-0.4, -0.2) is 54.3 Å². The average molecular weight is 448 g/mol. The van der Waals surface area contributed by atoms with Crippen LogP contribution in [0.15, 0.2) is 24.3 Å². The van der Waals surface area contributed by atoms with Crippen LogP contribution in [0.4, 0.5) is 16.0 Å². The molecule has 0 bridgehead atoms. The monoisotopic (exact) mass is 447 g/mol. The van der Waals surface area contributed by atoms with Crippen molar-refractivity contribution in [1.82, 2.24) is 15.3 Å². The van der Waals surface area contributed by atoms with Crippen LogP contribution in [0.1, 0.15) is 41.9 Å². The number of hydrogen-bond donors (Lipinski definition) is 2. The van der Waals surface area contributed by atoms with Gasteiger partial charge in [-0.2, -0.15) is 0 Å². The van der Waals surface area contributed by atoms with Gasteiger partial charge < -0.3 is 20.3 Å². The Morgan fingerprint density at radius 3 is 2.55 bits per heavy atom. The number of carbonyl (C=O) groups excluding carboxylic acids is 1. The minimum absolute atomic E-state index is 0.0443. The van der Waals surface area contributed by atoms with Crippen LogP contribution >= 0.6 is 11.6 Å². The number of hydrogen-bond acceptors (Lipinski definition) is 6. The fraction of sp³-hybridized carbons (Fsp3) is 0.500. The van der Waals surface area contributed by atoms with Crippen LogP contribution < -0.4 is 15.5 Å². The summed E-state index contributed by atoms with van der Waals surface area (Å²) in [4.78, 5) is 23.8. The molecule has 1 aromatic carbocycles. The van der Waals surface area contributed by atoms with E-state index in [-0.39, 0.29) is 17.0 Å². The van der Waals surface area contributed by atoms with E-state index in [1.807, 2.05) is 13.0 Å². The lowest BCUT2D eigenvalue weighted by molar-refractivity contribution is 0.0926. The van der Waals surface area contributed by atoms with E-state index < -0.39 is 5.82 Å². The maximum absolute atomic E-state index is 13.3. The molecule has 2 fully saturated rings. The van der Waals surface area contributed by atoms with Gasteiger partial charge in [0.05, 0.1) is 18.2 Å². The van der Waals surface area contributed by atoms with Gasteiger partial charge in [0.25, 0.3) is 5.91 Å². The SMILES string of the molecule is Cc1nc(N[C@H]2CC[C@@H](NC(=O)c3ccc(F)c(Cl)c3)CC2)cc(N2CCOCC2)n1. The van der Waals surface area contributed by atoms with E-state index in [1.54, 1.807) is 0 Å². The number of anilines is 2. The quantitative estimate of drug-likeness (QED) is 0.729. The van der Waals surface area contributed by atoms with Crippen LogP contribution in [0.5, 0.6) is 0 Å². The Balaban J connectivity index is 1.30. The molecular weight excluding hydrogens is 421 g/mol. The maximum atomic E-state index is 13.3. The van der Waals surface area contributed by atoms with E-state index in [0.717, 1.165) is 56.2 Å². The highest BCUT2D eigenvalue weighted by molar-refractivity contribution is 6.31. The molecule has 4 rings (SSSR count). The largest absolute Gasteiger partial charge is 0.378 e. The van der Waals surface area contributed by atoms with Gasteiger partial charge in [-0.15, -0.1) is 0 Å². The zero-order valence-corrected chi connectivity index (χ0v) is 18.3. The van der Waals surface area contributed by atoms with Gasteiger partial charge in [-0.25, -0.2) is 14.4 Å². The number of aromatic nitrogens is 2. The number of carbonyl (C=O) groups is 1. The highest BCUT2D eigenvalue weighted by atomic mass is 35.5. The van der Waals surface area contributed by atoms with Gasteiger partial charge in [-0.3, -0.25) is 4.79 Å². The number of amides is 1. The summed E-state index contributed by atoms with van der Waals surface area (Å²) < 4.78 is 18.7. The molecule has 0 radical (unpaired) electrons. The summed E-state index contributed by atoms with van der Waals surface area (Å²) in [7, 11) is 0. The van der Waals surface area contributed by atoms with Gasteiger partial charge in [0.2, 0.25) is 0 Å². The van der Waals surface area contributed by atoms with Gasteiger partial charge in [-0.1, -0.05) is 11.6 Å². The molecule has 2 aromatic rings. The summed E-state index contributed by atoms with van der Waals surface area (Å²) >= 11 is 5.79. The van der Waals surface area contributed by atoms with E-state index in [2.05, 4.69) is 25.5 Å². The van der Waals surface area contributed by atoms with E-state index in [0.29, 0.717) is 24.8 Å². The fourth-order valence-electron chi connectivity index (χ4n) is 4.08. The fourth-order valence-corrected chi connectivity index (χ4v) is 4.26. The molecule has 0 unspecified atom stereocenters. The standard InChI is InChI=1S/C22H27ClFN5O2/c1-14-25-20(13-21(26-14)29-8-10-31-11-9-29)27-16-3-5-17(6-4-16)28-22(30)15-2-7-19(24)18(23)12-15/h2,7,12-13,16-17H,3-6,8-11H2,1H3,(H,28,30)(H,25,26,27)/t16-,17+. The van der Waals surface area contributed by atoms with Crippen LogP contribution in [0.3, 0.4) is 0 Å². The van der Waals surface area contributed by atoms with Gasteiger partial charge in [-0.05, 0) is 50.8 Å². The molecule has 2 aliphatic rings. The number of morpholine rings is 1. The molecule has 1 aromatic heterocycles. The molecule has 1 aliphatic heterocycles. The summed E-state index contributed by atoms with van der Waals surface area (Å²) in [6, 6.07) is 6.42. The van der Waals surface area contributed by atoms with Crippen LogP contribution in [0.25, 0.3) is 0 Å². The van der Waals surface area contributed by atoms with Crippen molar-refractivity contribution in [2.75, 3.05) is 36.5 Å². The molecule has 9 heteroatoms. The average Bonchev–Trinajstić information content (AvgIpc) is 2.77. The second kappa shape index (κ2) is 9.78. The van der Waals surface area contributed by atoms with Crippen molar-refractivity contribution in [1.29, 1.82) is 0 Å². The number of benzene rings is 1. The smallest absolute Gasteiger partial charge is 0.251 e. The van der Waals surface area contributed by atoms with Gasteiger partial charge in [0.15, 0.2) is 0 Å². The van der Waals surface area contributed by atoms with Gasteiger partial charge >= 0.3 is 0 Å². The summed E-state index contributed by atoms with van der Waals surface area (Å²) in [5.41, 5.74) is 0.374. The number of ether oxygens (including phenoxy) is 1. The van der Waals surface area contributed by atoms with Crippen molar-refractivity contribution in [3.8, 4) is 0 Å². The van der Waals surface area contributed by atoms with Crippen molar-refractivity contribution in [3.63, 3.8) is 0 Å². The minimum Gasteiger partial charge on any atom is -0.378 e. The lowest BCUT2D eigenvalue weighted by atomic mass is 9.91. The molecule has 0 spiro atoms. The van der Waals surface area contributed by atoms with Crippen molar-refractivity contribution in [2.24, 2.45) is 0 Å². The zero-order chi connectivity index (χ0) is 21.8. The summed E-state index contributed by atoms with van der Waals surface area (Å²) in [6.45, 7) is 5.00. The predicted octanol–water partition coefficient (Wildman–Crippen LogP) is 3.57. The molecule has 1 saturated heterocycles. The number of halogens is 2. The second-order valence-corrected chi connectivity index (χ2v) is 8.46. The van der Waals surface area contributed by atoms with Gasteiger partial charge in [0.1, 0.15) is 23.3 Å². The lowest BCUT2D eigenvalue weighted by Crippen LogP contribution is -2.40. The summed E-state index contributed by atoms with van der Waals surface area (Å²) in [6.07, 6.45) is 3.56. The van der Waals surface area contributed by atoms with Crippen molar-refractivity contribution in [2.45, 2.75) is 44.7 Å². The molecule has 1 amide bonds. The minimum atomic E-state index is -0.526. The highest BCUT2D eigenvalue weighted by Gasteiger charge is 2.24. The molecule has 1 aliphatic carbocycles. The number of aryl methyl sites for hydroxylation is 1. The maximum Gasteiger partial charge on any atom is 0.251 e. The topological polar surface area (TPSA) is 79.4 Å². The van der Waals surface area contributed by atoms with Crippen molar-refractivity contribution in [3.05, 3.63) is 46.5 Å². The van der Waals surface area contributed by atoms with Crippen molar-refractivity contribution >= 4 is 29.1 Å². The van der Waals surface area contributed by atoms with Crippen LogP contribution in [0.2, 0.25) is 5.02 Å². The predicted molar refractivity (Wildman–Crippen MR) is 118 cm³/mol. The molecule has 7 nitrogen and oxygen atoms in total. The molecule has 0 atom stereocenters. The third kappa shape index (κ3) is 5.62. The molecular formula is C22H27ClFN5O2. The first-order chi connectivity index (χ1) is 15.0. The van der Waals surface area contributed by atoms with Crippen LogP contribution in [-0.2, 0) is 4.74 Å². The molecule has 1 saturated carbocycles. The third-order valence-corrected chi connectivity index (χ3v) is 6.05. The van der Waals surface area contributed by atoms with Crippen molar-refractivity contribution < 1.29 is 13.9 Å². The highest BCUT2D eigenvalue weighted by Crippen LogP contribution is 2.24. The van der Waals surface area contributed by atoms with Crippen LogP contribution in [0, 0.1) is 12.7 Å². The molecule has 2 heterocycles. The Hall–Kier alpha value is -2.45. The summed E-state index contributed by atoms with van der Waals surface area (Å²) in [5, 5.41) is 6.53. The number of nitrogens with zero attached hydrogens (tertiary/aromatic N) is 3. The normalized spacial score (nSPS) is 21.6. The zero-order valence-electron chi connectivity index (χ0n) is 17.5. The first-order valence-electron chi connectivity index (χ1n) is 10.7. The summed E-state index contributed by atoms with van der Waals surface area (Å²) in [5.74, 6) is 1.76. The lowest BCUT2D eigenvalue weighted by Gasteiger charge is -2.31. The Labute approximate surface area is 186 Å². The number of rotatable bonds is 5. The molecule has 2 N–H and O–H groups in total. The molecule has 166 valence electrons. The Bertz CT molecular complexity index is 930. The molecule has 31 heavy (non-hydrogen) atoms. The van der Waals surface area contributed by atoms with E-state index >= 15 is 0 Å². The van der Waals surface area contributed by atoms with E-state index in [1.165, 1.54) is 18.2 Å². The third-order valence-electron chi connectivity index (χ3n) is 5.76. The van der Waals surface area contributed by atoms with E-state index in [9.17, 15) is 9.18 Å². The first-order valence-corrected chi connectivity index (χ1v) is 11.1. The Morgan fingerprint density at radius 2 is 1.84 bits per heavy atom. The Morgan fingerprint density at radius 1 is 1.13 bits per heavy atom. The van der Waals surface area contributed by atoms with Gasteiger partial charge in [0, 0.05) is 36.8 Å². The number of nitrogens with one attached hydrogen (secondary N) is 2. The van der Waals surface area contributed by atoms with E-state index in [4.69, 9.17) is 16.3 Å². The Kier molecular flexibility index (Phi) is 6.87.